The lowest BCUT2D eigenvalue weighted by molar-refractivity contribution is -0.119. The lowest BCUT2D eigenvalue weighted by Gasteiger charge is -2.10. The fraction of sp³-hybridized carbons (Fsp3) is 0.500. The van der Waals surface area contributed by atoms with Crippen molar-refractivity contribution >= 4 is 5.78 Å². The zero-order valence-electron chi connectivity index (χ0n) is 10.6. The van der Waals surface area contributed by atoms with E-state index in [1.807, 2.05) is 14.0 Å². The Morgan fingerprint density at radius 3 is 2.19 bits per heavy atom. The predicted octanol–water partition coefficient (Wildman–Crippen LogP) is 2.53. The van der Waals surface area contributed by atoms with Gasteiger partial charge in [0.15, 0.2) is 5.78 Å². The van der Waals surface area contributed by atoms with Gasteiger partial charge >= 0.3 is 0 Å². The highest BCUT2D eigenvalue weighted by molar-refractivity contribution is 5.85. The molecule has 0 fully saturated rings. The molecule has 88 valence electrons. The van der Waals surface area contributed by atoms with Gasteiger partial charge in [0.05, 0.1) is 6.04 Å². The monoisotopic (exact) mass is 219 g/mol. The molecule has 2 heteroatoms. The van der Waals surface area contributed by atoms with E-state index in [1.54, 1.807) is 0 Å². The average molecular weight is 219 g/mol. The lowest BCUT2D eigenvalue weighted by Crippen LogP contribution is -2.31. The second-order valence-corrected chi connectivity index (χ2v) is 4.55. The van der Waals surface area contributed by atoms with E-state index >= 15 is 0 Å². The lowest BCUT2D eigenvalue weighted by atomic mass is 9.99. The molecule has 0 aliphatic carbocycles. The van der Waals surface area contributed by atoms with Gasteiger partial charge < -0.3 is 5.32 Å². The quantitative estimate of drug-likeness (QED) is 0.824. The van der Waals surface area contributed by atoms with Gasteiger partial charge in [-0.1, -0.05) is 38.1 Å². The summed E-state index contributed by atoms with van der Waals surface area (Å²) in [5.41, 5.74) is 2.41. The van der Waals surface area contributed by atoms with Crippen molar-refractivity contribution < 1.29 is 4.79 Å². The van der Waals surface area contributed by atoms with E-state index in [0.29, 0.717) is 12.3 Å². The smallest absolute Gasteiger partial charge is 0.153 e. The van der Waals surface area contributed by atoms with Crippen LogP contribution < -0.4 is 5.32 Å². The third-order valence-corrected chi connectivity index (χ3v) is 2.94. The zero-order chi connectivity index (χ0) is 12.1. The van der Waals surface area contributed by atoms with Gasteiger partial charge in [0.25, 0.3) is 0 Å². The Morgan fingerprint density at radius 2 is 1.75 bits per heavy atom. The summed E-state index contributed by atoms with van der Waals surface area (Å²) in [6.45, 7) is 6.23. The molecule has 0 radical (unpaired) electrons. The molecule has 0 heterocycles. The molecule has 1 aromatic carbocycles. The van der Waals surface area contributed by atoms with Gasteiger partial charge in [-0.3, -0.25) is 4.79 Å². The van der Waals surface area contributed by atoms with Gasteiger partial charge in [-0.2, -0.15) is 0 Å². The maximum Gasteiger partial charge on any atom is 0.153 e. The van der Waals surface area contributed by atoms with Gasteiger partial charge in [-0.15, -0.1) is 0 Å². The molecule has 1 atom stereocenters. The molecular formula is C14H21NO. The van der Waals surface area contributed by atoms with Crippen molar-refractivity contribution in [2.45, 2.75) is 39.2 Å². The molecule has 0 bridgehead atoms. The van der Waals surface area contributed by atoms with Crippen LogP contribution in [0, 0.1) is 0 Å². The average Bonchev–Trinajstić information content (AvgIpc) is 2.28. The zero-order valence-corrected chi connectivity index (χ0v) is 10.6. The van der Waals surface area contributed by atoms with Crippen molar-refractivity contribution in [1.82, 2.24) is 5.32 Å². The van der Waals surface area contributed by atoms with Crippen molar-refractivity contribution in [2.75, 3.05) is 7.05 Å². The number of ketones is 1. The van der Waals surface area contributed by atoms with Crippen LogP contribution in [0.15, 0.2) is 24.3 Å². The normalized spacial score (nSPS) is 12.8. The molecule has 0 aromatic heterocycles. The molecule has 1 unspecified atom stereocenters. The molecule has 0 aliphatic rings. The summed E-state index contributed by atoms with van der Waals surface area (Å²) in [5.74, 6) is 0.779. The first-order chi connectivity index (χ1) is 7.54. The highest BCUT2D eigenvalue weighted by atomic mass is 16.1. The van der Waals surface area contributed by atoms with Crippen LogP contribution in [0.5, 0.6) is 0 Å². The van der Waals surface area contributed by atoms with Crippen LogP contribution in [-0.2, 0) is 11.2 Å². The number of hydrogen-bond donors (Lipinski definition) is 1. The van der Waals surface area contributed by atoms with E-state index in [-0.39, 0.29) is 11.8 Å². The largest absolute Gasteiger partial charge is 0.311 e. The fourth-order valence-corrected chi connectivity index (χ4v) is 1.54. The number of hydrogen-bond acceptors (Lipinski definition) is 2. The van der Waals surface area contributed by atoms with E-state index in [4.69, 9.17) is 0 Å². The summed E-state index contributed by atoms with van der Waals surface area (Å²) in [6.07, 6.45) is 0.514. The first kappa shape index (κ1) is 12.9. The molecular weight excluding hydrogens is 198 g/mol. The second-order valence-electron chi connectivity index (χ2n) is 4.55. The standard InChI is InChI=1S/C14H21NO/c1-10(2)13-7-5-12(6-8-13)9-14(16)11(3)15-4/h5-8,10-11,15H,9H2,1-4H3. The summed E-state index contributed by atoms with van der Waals surface area (Å²) in [7, 11) is 1.81. The highest BCUT2D eigenvalue weighted by Gasteiger charge is 2.10. The molecule has 0 saturated carbocycles. The van der Waals surface area contributed by atoms with E-state index < -0.39 is 0 Å². The van der Waals surface area contributed by atoms with Gasteiger partial charge in [-0.25, -0.2) is 0 Å². The Morgan fingerprint density at radius 1 is 1.19 bits per heavy atom. The number of likely N-dealkylation sites (N-methyl/N-ethyl adjacent to an activating group) is 1. The third-order valence-electron chi connectivity index (χ3n) is 2.94. The van der Waals surface area contributed by atoms with Crippen LogP contribution in [0.3, 0.4) is 0 Å². The SMILES string of the molecule is CNC(C)C(=O)Cc1ccc(C(C)C)cc1. The highest BCUT2D eigenvalue weighted by Crippen LogP contribution is 2.15. The van der Waals surface area contributed by atoms with Crippen molar-refractivity contribution in [3.63, 3.8) is 0 Å². The molecule has 0 aliphatic heterocycles. The Bertz CT molecular complexity index is 340. The van der Waals surface area contributed by atoms with Crippen molar-refractivity contribution in [3.05, 3.63) is 35.4 Å². The number of benzene rings is 1. The fourth-order valence-electron chi connectivity index (χ4n) is 1.54. The summed E-state index contributed by atoms with van der Waals surface area (Å²) in [4.78, 5) is 11.7. The summed E-state index contributed by atoms with van der Waals surface area (Å²) < 4.78 is 0. The number of Topliss-reactive ketones (excluding diaryl/α,β-unsaturated/α-hetero) is 1. The van der Waals surface area contributed by atoms with Crippen LogP contribution in [-0.4, -0.2) is 18.9 Å². The molecule has 1 rings (SSSR count). The van der Waals surface area contributed by atoms with Gasteiger partial charge in [0.1, 0.15) is 0 Å². The van der Waals surface area contributed by atoms with Crippen LogP contribution in [0.4, 0.5) is 0 Å². The number of carbonyl (C=O) groups excluding carboxylic acids is 1. The Kier molecular flexibility index (Phi) is 4.69. The molecule has 2 nitrogen and oxygen atoms in total. The van der Waals surface area contributed by atoms with Crippen molar-refractivity contribution in [1.29, 1.82) is 0 Å². The van der Waals surface area contributed by atoms with E-state index in [9.17, 15) is 4.79 Å². The minimum atomic E-state index is -0.0650. The van der Waals surface area contributed by atoms with E-state index in [0.717, 1.165) is 5.56 Å². The third kappa shape index (κ3) is 3.46. The molecule has 1 N–H and O–H groups in total. The Balaban J connectivity index is 2.65. The molecule has 0 amide bonds. The number of rotatable bonds is 5. The van der Waals surface area contributed by atoms with E-state index in [1.165, 1.54) is 5.56 Å². The minimum Gasteiger partial charge on any atom is -0.311 e. The van der Waals surface area contributed by atoms with Crippen molar-refractivity contribution in [3.8, 4) is 0 Å². The maximum atomic E-state index is 11.7. The molecule has 16 heavy (non-hydrogen) atoms. The molecule has 0 spiro atoms. The molecule has 0 saturated heterocycles. The van der Waals surface area contributed by atoms with Gasteiger partial charge in [0.2, 0.25) is 0 Å². The maximum absolute atomic E-state index is 11.7. The summed E-state index contributed by atoms with van der Waals surface area (Å²) in [6, 6.07) is 8.25. The topological polar surface area (TPSA) is 29.1 Å². The van der Waals surface area contributed by atoms with Gasteiger partial charge in [-0.05, 0) is 31.0 Å². The number of nitrogens with one attached hydrogen (secondary N) is 1. The predicted molar refractivity (Wildman–Crippen MR) is 67.8 cm³/mol. The van der Waals surface area contributed by atoms with Gasteiger partial charge in [0, 0.05) is 6.42 Å². The first-order valence-electron chi connectivity index (χ1n) is 5.83. The molecule has 1 aromatic rings. The van der Waals surface area contributed by atoms with Crippen molar-refractivity contribution in [2.24, 2.45) is 0 Å². The second kappa shape index (κ2) is 5.80. The minimum absolute atomic E-state index is 0.0650. The Labute approximate surface area is 98.1 Å². The van der Waals surface area contributed by atoms with E-state index in [2.05, 4.69) is 43.4 Å². The van der Waals surface area contributed by atoms with Crippen LogP contribution >= 0.6 is 0 Å². The summed E-state index contributed by atoms with van der Waals surface area (Å²) in [5, 5.41) is 2.97. The van der Waals surface area contributed by atoms with Crippen LogP contribution in [0.25, 0.3) is 0 Å². The summed E-state index contributed by atoms with van der Waals surface area (Å²) >= 11 is 0. The Hall–Kier alpha value is -1.15. The number of carbonyl (C=O) groups is 1. The van der Waals surface area contributed by atoms with Crippen LogP contribution in [0.2, 0.25) is 0 Å². The first-order valence-corrected chi connectivity index (χ1v) is 5.83. The van der Waals surface area contributed by atoms with Crippen LogP contribution in [0.1, 0.15) is 37.8 Å².